The largest absolute Gasteiger partial charge is 0.459 e. The van der Waals surface area contributed by atoms with Crippen LogP contribution in [0.4, 0.5) is 5.82 Å². The fourth-order valence-corrected chi connectivity index (χ4v) is 4.91. The van der Waals surface area contributed by atoms with Gasteiger partial charge in [0.25, 0.3) is 10.0 Å². The predicted molar refractivity (Wildman–Crippen MR) is 129 cm³/mol. The summed E-state index contributed by atoms with van der Waals surface area (Å²) in [5.74, 6) is -1.44. The van der Waals surface area contributed by atoms with Gasteiger partial charge in [-0.25, -0.2) is 22.9 Å². The number of sulfonamides is 1. The van der Waals surface area contributed by atoms with Gasteiger partial charge in [-0.3, -0.25) is 4.79 Å². The van der Waals surface area contributed by atoms with Gasteiger partial charge in [0.2, 0.25) is 5.91 Å². The average Bonchev–Trinajstić information content (AvgIpc) is 2.77. The van der Waals surface area contributed by atoms with Crippen molar-refractivity contribution in [3.05, 3.63) is 65.4 Å². The molecule has 2 heterocycles. The van der Waals surface area contributed by atoms with Gasteiger partial charge in [-0.2, -0.15) is 5.26 Å². The van der Waals surface area contributed by atoms with Crippen LogP contribution in [0, 0.1) is 24.2 Å². The molecule has 1 N–H and O–H groups in total. The Balaban J connectivity index is 1.45. The molecule has 2 aromatic carbocycles. The lowest BCUT2D eigenvalue weighted by Gasteiger charge is -2.39. The molecular formula is C25H24N4O5S. The molecule has 1 aliphatic rings. The van der Waals surface area contributed by atoms with Crippen LogP contribution >= 0.6 is 0 Å². The zero-order valence-corrected chi connectivity index (χ0v) is 20.3. The van der Waals surface area contributed by atoms with Crippen LogP contribution in [0.15, 0.2) is 53.4 Å². The Hall–Kier alpha value is -3.97. The van der Waals surface area contributed by atoms with E-state index in [0.717, 1.165) is 10.8 Å². The quantitative estimate of drug-likeness (QED) is 0.520. The molecule has 180 valence electrons. The number of rotatable bonds is 6. The molecule has 35 heavy (non-hydrogen) atoms. The highest BCUT2D eigenvalue weighted by atomic mass is 32.2. The number of hydrogen-bond donors (Lipinski definition) is 1. The van der Waals surface area contributed by atoms with Crippen molar-refractivity contribution < 1.29 is 22.7 Å². The van der Waals surface area contributed by atoms with Gasteiger partial charge in [-0.1, -0.05) is 30.3 Å². The molecule has 1 saturated heterocycles. The first-order valence-corrected chi connectivity index (χ1v) is 12.5. The van der Waals surface area contributed by atoms with Crippen molar-refractivity contribution in [1.82, 2.24) is 9.71 Å². The molecule has 0 radical (unpaired) electrons. The second-order valence-electron chi connectivity index (χ2n) is 8.64. The van der Waals surface area contributed by atoms with Gasteiger partial charge in [0.15, 0.2) is 0 Å². The summed E-state index contributed by atoms with van der Waals surface area (Å²) >= 11 is 0. The molecule has 0 bridgehead atoms. The van der Waals surface area contributed by atoms with E-state index in [9.17, 15) is 23.3 Å². The van der Waals surface area contributed by atoms with Gasteiger partial charge < -0.3 is 9.64 Å². The third kappa shape index (κ3) is 4.95. The molecule has 1 aromatic heterocycles. The molecule has 4 rings (SSSR count). The summed E-state index contributed by atoms with van der Waals surface area (Å²) in [6, 6.07) is 15.5. The number of pyridine rings is 1. The van der Waals surface area contributed by atoms with Gasteiger partial charge in [0.05, 0.1) is 33.7 Å². The van der Waals surface area contributed by atoms with Crippen LogP contribution in [-0.2, 0) is 19.6 Å². The number of anilines is 1. The van der Waals surface area contributed by atoms with Crippen molar-refractivity contribution in [3.63, 3.8) is 0 Å². The lowest BCUT2D eigenvalue weighted by molar-refractivity contribution is -0.123. The number of fused-ring (bicyclic) bond motifs is 1. The number of amides is 1. The molecule has 10 heteroatoms. The molecule has 0 aliphatic carbocycles. The number of hydrogen-bond acceptors (Lipinski definition) is 8. The van der Waals surface area contributed by atoms with Crippen LogP contribution in [0.5, 0.6) is 0 Å². The molecular weight excluding hydrogens is 468 g/mol. The van der Waals surface area contributed by atoms with Gasteiger partial charge in [0, 0.05) is 13.1 Å². The fraction of sp³-hybridized carbons (Fsp3) is 0.280. The third-order valence-corrected chi connectivity index (χ3v) is 7.04. The topological polar surface area (TPSA) is 129 Å². The molecule has 3 aromatic rings. The summed E-state index contributed by atoms with van der Waals surface area (Å²) in [5, 5.41) is 11.2. The van der Waals surface area contributed by atoms with Crippen LogP contribution in [0.1, 0.15) is 35.5 Å². The summed E-state index contributed by atoms with van der Waals surface area (Å²) in [4.78, 5) is 31.0. The Morgan fingerprint density at radius 2 is 1.83 bits per heavy atom. The molecule has 9 nitrogen and oxygen atoms in total. The van der Waals surface area contributed by atoms with Crippen LogP contribution in [0.3, 0.4) is 0 Å². The maximum absolute atomic E-state index is 12.8. The number of carbonyl (C=O) groups is 2. The van der Waals surface area contributed by atoms with E-state index in [0.29, 0.717) is 11.5 Å². The molecule has 0 saturated carbocycles. The Kier molecular flexibility index (Phi) is 6.45. The van der Waals surface area contributed by atoms with Crippen molar-refractivity contribution in [2.24, 2.45) is 5.92 Å². The Labute approximate surface area is 203 Å². The number of aromatic nitrogens is 1. The maximum atomic E-state index is 12.8. The summed E-state index contributed by atoms with van der Waals surface area (Å²) in [6.07, 6.45) is -0.312. The highest BCUT2D eigenvalue weighted by Gasteiger charge is 2.37. The lowest BCUT2D eigenvalue weighted by atomic mass is 9.98. The molecule has 1 fully saturated rings. The number of aryl methyl sites for hydroxylation is 1. The zero-order valence-electron chi connectivity index (χ0n) is 19.5. The summed E-state index contributed by atoms with van der Waals surface area (Å²) in [6.45, 7) is 5.48. The van der Waals surface area contributed by atoms with Gasteiger partial charge >= 0.3 is 5.97 Å². The summed E-state index contributed by atoms with van der Waals surface area (Å²) in [5.41, 5.74) is 0.778. The molecule has 1 amide bonds. The second kappa shape index (κ2) is 9.35. The lowest BCUT2D eigenvalue weighted by Crippen LogP contribution is -2.55. The minimum atomic E-state index is -4.04. The Morgan fingerprint density at radius 3 is 2.49 bits per heavy atom. The number of benzene rings is 2. The average molecular weight is 493 g/mol. The molecule has 0 spiro atoms. The minimum Gasteiger partial charge on any atom is -0.459 e. The second-order valence-corrected chi connectivity index (χ2v) is 10.3. The van der Waals surface area contributed by atoms with E-state index in [1.165, 1.54) is 18.2 Å². The first-order chi connectivity index (χ1) is 16.6. The van der Waals surface area contributed by atoms with Crippen molar-refractivity contribution in [3.8, 4) is 6.07 Å². The highest BCUT2D eigenvalue weighted by Crippen LogP contribution is 2.29. The fourth-order valence-electron chi connectivity index (χ4n) is 3.83. The van der Waals surface area contributed by atoms with E-state index >= 15 is 0 Å². The van der Waals surface area contributed by atoms with Crippen molar-refractivity contribution in [2.45, 2.75) is 31.8 Å². The van der Waals surface area contributed by atoms with Crippen molar-refractivity contribution in [1.29, 1.82) is 5.26 Å². The maximum Gasteiger partial charge on any atom is 0.340 e. The van der Waals surface area contributed by atoms with E-state index in [1.54, 1.807) is 37.8 Å². The normalized spacial score (nSPS) is 13.9. The number of nitriles is 1. The minimum absolute atomic E-state index is 0.00802. The Bertz CT molecular complexity index is 1470. The number of esters is 1. The van der Waals surface area contributed by atoms with Crippen LogP contribution in [-0.4, -0.2) is 44.5 Å². The molecule has 0 unspecified atom stereocenters. The Morgan fingerprint density at radius 1 is 1.14 bits per heavy atom. The van der Waals surface area contributed by atoms with E-state index in [-0.39, 0.29) is 35.2 Å². The van der Waals surface area contributed by atoms with E-state index < -0.39 is 27.8 Å². The predicted octanol–water partition coefficient (Wildman–Crippen LogP) is 2.92. The van der Waals surface area contributed by atoms with E-state index in [4.69, 9.17) is 4.74 Å². The van der Waals surface area contributed by atoms with Crippen LogP contribution < -0.4 is 9.62 Å². The van der Waals surface area contributed by atoms with E-state index in [2.05, 4.69) is 9.71 Å². The first-order valence-electron chi connectivity index (χ1n) is 11.0. The smallest absolute Gasteiger partial charge is 0.340 e. The highest BCUT2D eigenvalue weighted by molar-refractivity contribution is 7.90. The summed E-state index contributed by atoms with van der Waals surface area (Å²) in [7, 11) is -4.04. The number of nitrogens with zero attached hydrogens (tertiary/aromatic N) is 3. The number of carbonyl (C=O) groups excluding carboxylic acids is 2. The third-order valence-electron chi connectivity index (χ3n) is 5.69. The summed E-state index contributed by atoms with van der Waals surface area (Å²) < 4.78 is 32.9. The van der Waals surface area contributed by atoms with Crippen molar-refractivity contribution >= 4 is 38.5 Å². The van der Waals surface area contributed by atoms with Crippen molar-refractivity contribution in [2.75, 3.05) is 18.0 Å². The van der Waals surface area contributed by atoms with E-state index in [1.807, 2.05) is 24.3 Å². The molecule has 0 atom stereocenters. The standard InChI is InChI=1S/C25H24N4O5S/c1-15(2)34-25(31)22-11-19(12-26)23(27-16(22)3)29-13-20(14-29)24(30)28-35(32,33)21-9-8-17-6-4-5-7-18(17)10-21/h4-11,15,20H,13-14H2,1-3H3,(H,28,30). The SMILES string of the molecule is Cc1nc(N2CC(C(=O)NS(=O)(=O)c3ccc4ccccc4c3)C2)c(C#N)cc1C(=O)OC(C)C. The van der Waals surface area contributed by atoms with Gasteiger partial charge in [0.1, 0.15) is 11.9 Å². The monoisotopic (exact) mass is 492 g/mol. The van der Waals surface area contributed by atoms with Gasteiger partial charge in [-0.05, 0) is 49.7 Å². The molecule has 1 aliphatic heterocycles. The first kappa shape index (κ1) is 24.2. The van der Waals surface area contributed by atoms with Crippen LogP contribution in [0.25, 0.3) is 10.8 Å². The van der Waals surface area contributed by atoms with Crippen LogP contribution in [0.2, 0.25) is 0 Å². The zero-order chi connectivity index (χ0) is 25.3. The number of ether oxygens (including phenoxy) is 1. The van der Waals surface area contributed by atoms with Gasteiger partial charge in [-0.15, -0.1) is 0 Å². The number of nitrogens with one attached hydrogen (secondary N) is 1.